The van der Waals surface area contributed by atoms with Crippen LogP contribution in [0.4, 0.5) is 0 Å². The summed E-state index contributed by atoms with van der Waals surface area (Å²) in [6.07, 6.45) is 0. The topological polar surface area (TPSA) is 80.9 Å². The number of hydrogen-bond acceptors (Lipinski definition) is 4. The minimum absolute atomic E-state index is 0. The van der Waals surface area contributed by atoms with E-state index < -0.39 is 9.05 Å². The minimum atomic E-state index is -4.61. The standard InChI is InChI=1S/3K.H4O4Si.3H/c;;;1-5(2,3)4;;;/h;;;1-4H;;;/q3*+1;;3*-1. The summed E-state index contributed by atoms with van der Waals surface area (Å²) in [5, 5.41) is 0. The first-order valence-electron chi connectivity index (χ1n) is 0.894. The summed E-state index contributed by atoms with van der Waals surface area (Å²) in [7, 11) is -4.61. The fourth-order valence-corrected chi connectivity index (χ4v) is 0. The van der Waals surface area contributed by atoms with Gasteiger partial charge in [0.05, 0.1) is 0 Å². The van der Waals surface area contributed by atoms with Crippen LogP contribution in [0.1, 0.15) is 4.28 Å². The predicted molar refractivity (Wildman–Crippen MR) is 18.0 cm³/mol. The molecular formula is H7K3O4Si. The molecule has 0 amide bonds. The molecule has 0 rings (SSSR count). The van der Waals surface area contributed by atoms with E-state index in [1.807, 2.05) is 0 Å². The monoisotopic (exact) mass is 216 g/mol. The predicted octanol–water partition coefficient (Wildman–Crippen LogP) is -11.3. The Morgan fingerprint density at radius 1 is 0.750 bits per heavy atom. The molecule has 0 aliphatic rings. The third-order valence-electron chi connectivity index (χ3n) is 0. The van der Waals surface area contributed by atoms with Crippen molar-refractivity contribution in [3.8, 4) is 0 Å². The molecule has 0 heterocycles. The first kappa shape index (κ1) is 23.1. The van der Waals surface area contributed by atoms with Crippen LogP contribution in [0.3, 0.4) is 0 Å². The third-order valence-corrected chi connectivity index (χ3v) is 0. The van der Waals surface area contributed by atoms with Gasteiger partial charge in [-0.25, -0.2) is 0 Å². The molecule has 4 N–H and O–H groups in total. The molecule has 0 aromatic rings. The van der Waals surface area contributed by atoms with Gasteiger partial charge in [-0.2, -0.15) is 0 Å². The van der Waals surface area contributed by atoms with Crippen LogP contribution < -0.4 is 154 Å². The van der Waals surface area contributed by atoms with Crippen molar-refractivity contribution in [1.29, 1.82) is 0 Å². The van der Waals surface area contributed by atoms with E-state index >= 15 is 0 Å². The molecule has 0 saturated carbocycles. The maximum Gasteiger partial charge on any atom is 1.00 e. The molecule has 38 valence electrons. The van der Waals surface area contributed by atoms with E-state index in [1.165, 1.54) is 0 Å². The molecule has 0 unspecified atom stereocenters. The summed E-state index contributed by atoms with van der Waals surface area (Å²) in [5.41, 5.74) is 0. The molecule has 0 aliphatic carbocycles. The Balaban J connectivity index is -0.00000000533. The van der Waals surface area contributed by atoms with Gasteiger partial charge in [-0.15, -0.1) is 0 Å². The maximum atomic E-state index is 7.33. The quantitative estimate of drug-likeness (QED) is 0.303. The molecule has 0 radical (unpaired) electrons. The Morgan fingerprint density at radius 3 is 0.750 bits per heavy atom. The summed E-state index contributed by atoms with van der Waals surface area (Å²) in [5.74, 6) is 0. The number of hydrogen-bond donors (Lipinski definition) is 4. The Morgan fingerprint density at radius 2 is 0.750 bits per heavy atom. The van der Waals surface area contributed by atoms with Crippen molar-refractivity contribution in [2.45, 2.75) is 0 Å². The van der Waals surface area contributed by atoms with Crippen LogP contribution in [0.25, 0.3) is 0 Å². The Hall–Kier alpha value is 4.97. The molecule has 8 heteroatoms. The van der Waals surface area contributed by atoms with E-state index in [1.54, 1.807) is 0 Å². The second kappa shape index (κ2) is 12.0. The molecule has 0 saturated heterocycles. The van der Waals surface area contributed by atoms with Gasteiger partial charge in [-0.1, -0.05) is 0 Å². The zero-order chi connectivity index (χ0) is 4.50. The fourth-order valence-electron chi connectivity index (χ4n) is 0. The van der Waals surface area contributed by atoms with Crippen LogP contribution in [0, 0.1) is 0 Å². The molecule has 0 spiro atoms. The first-order chi connectivity index (χ1) is 2.00. The van der Waals surface area contributed by atoms with Gasteiger partial charge < -0.3 is 23.5 Å². The van der Waals surface area contributed by atoms with Gasteiger partial charge in [0.25, 0.3) is 0 Å². The van der Waals surface area contributed by atoms with Crippen molar-refractivity contribution >= 4 is 9.05 Å². The number of rotatable bonds is 0. The van der Waals surface area contributed by atoms with Crippen LogP contribution >= 0.6 is 0 Å². The fraction of sp³-hybridized carbons (Fsp3) is 0. The SMILES string of the molecule is O[Si](O)(O)O.[H-].[H-].[H-].[K+].[K+].[K+]. The minimum Gasteiger partial charge on any atom is -1.00 e. The summed E-state index contributed by atoms with van der Waals surface area (Å²) in [6, 6.07) is 0. The second-order valence-electron chi connectivity index (χ2n) is 0.600. The van der Waals surface area contributed by atoms with Gasteiger partial charge in [0, 0.05) is 0 Å². The average molecular weight is 216 g/mol. The zero-order valence-electron chi connectivity index (χ0n) is 8.29. The Kier molecular flexibility index (Phi) is 34.5. The molecule has 4 nitrogen and oxygen atoms in total. The maximum absolute atomic E-state index is 7.33. The van der Waals surface area contributed by atoms with Gasteiger partial charge in [0.1, 0.15) is 0 Å². The van der Waals surface area contributed by atoms with Crippen molar-refractivity contribution in [3.05, 3.63) is 0 Å². The Labute approximate surface area is 181 Å². The van der Waals surface area contributed by atoms with Gasteiger partial charge in [0.2, 0.25) is 0 Å². The van der Waals surface area contributed by atoms with E-state index in [4.69, 9.17) is 19.2 Å². The molecular weight excluding hydrogens is 209 g/mol. The molecule has 0 aromatic carbocycles. The van der Waals surface area contributed by atoms with Crippen LogP contribution in [0.2, 0.25) is 0 Å². The van der Waals surface area contributed by atoms with E-state index in [-0.39, 0.29) is 158 Å². The van der Waals surface area contributed by atoms with E-state index in [2.05, 4.69) is 0 Å². The normalized spacial score (nSPS) is 7.50. The second-order valence-corrected chi connectivity index (χ2v) is 1.80. The van der Waals surface area contributed by atoms with Crippen molar-refractivity contribution < 1.29 is 178 Å². The van der Waals surface area contributed by atoms with E-state index in [0.29, 0.717) is 0 Å². The molecule has 0 atom stereocenters. The van der Waals surface area contributed by atoms with E-state index in [0.717, 1.165) is 0 Å². The summed E-state index contributed by atoms with van der Waals surface area (Å²) in [6.45, 7) is 0. The third kappa shape index (κ3) is 44.2. The van der Waals surface area contributed by atoms with Crippen LogP contribution in [-0.4, -0.2) is 28.2 Å². The van der Waals surface area contributed by atoms with Crippen molar-refractivity contribution in [3.63, 3.8) is 0 Å². The van der Waals surface area contributed by atoms with Gasteiger partial charge in [-0.05, 0) is 0 Å². The zero-order valence-corrected chi connectivity index (χ0v) is 15.7. The molecule has 8 heavy (non-hydrogen) atoms. The first-order valence-corrected chi connectivity index (χ1v) is 2.68. The van der Waals surface area contributed by atoms with Crippen LogP contribution in [0.5, 0.6) is 0 Å². The van der Waals surface area contributed by atoms with Crippen LogP contribution in [0.15, 0.2) is 0 Å². The van der Waals surface area contributed by atoms with Crippen molar-refractivity contribution in [1.82, 2.24) is 0 Å². The molecule has 0 bridgehead atoms. The summed E-state index contributed by atoms with van der Waals surface area (Å²) < 4.78 is 0. The van der Waals surface area contributed by atoms with Crippen molar-refractivity contribution in [2.75, 3.05) is 0 Å². The van der Waals surface area contributed by atoms with Gasteiger partial charge in [0.15, 0.2) is 0 Å². The molecule has 0 fully saturated rings. The summed E-state index contributed by atoms with van der Waals surface area (Å²) in [4.78, 5) is 29.3. The molecule has 0 aromatic heterocycles. The smallest absolute Gasteiger partial charge is 1.00 e. The van der Waals surface area contributed by atoms with Crippen molar-refractivity contribution in [2.24, 2.45) is 0 Å². The summed E-state index contributed by atoms with van der Waals surface area (Å²) >= 11 is 0. The molecule has 0 aliphatic heterocycles. The average Bonchev–Trinajstić information content (AvgIpc) is 0.722. The van der Waals surface area contributed by atoms with E-state index in [9.17, 15) is 0 Å². The van der Waals surface area contributed by atoms with Crippen LogP contribution in [-0.2, 0) is 0 Å². The Bertz CT molecular complexity index is 36.1. The van der Waals surface area contributed by atoms with Gasteiger partial charge >= 0.3 is 163 Å². The van der Waals surface area contributed by atoms with Gasteiger partial charge in [-0.3, -0.25) is 0 Å². The largest absolute Gasteiger partial charge is 1.00 e.